The van der Waals surface area contributed by atoms with Gasteiger partial charge in [-0.2, -0.15) is 5.26 Å². The Labute approximate surface area is 164 Å². The number of hydrogen-bond acceptors (Lipinski definition) is 5. The molecule has 0 fully saturated rings. The van der Waals surface area contributed by atoms with Crippen molar-refractivity contribution in [2.45, 2.75) is 0 Å². The van der Waals surface area contributed by atoms with Crippen molar-refractivity contribution in [2.24, 2.45) is 0 Å². The molecule has 1 aliphatic rings. The van der Waals surface area contributed by atoms with Gasteiger partial charge in [0.15, 0.2) is 11.6 Å². The average Bonchev–Trinajstić information content (AvgIpc) is 3.23. The number of thiophene rings is 1. The van der Waals surface area contributed by atoms with Gasteiger partial charge in [0.25, 0.3) is 5.91 Å². The quantitative estimate of drug-likeness (QED) is 0.426. The minimum absolute atomic E-state index is 0.0482. The Hall–Kier alpha value is -3.82. The summed E-state index contributed by atoms with van der Waals surface area (Å²) < 4.78 is 0. The maximum Gasteiger partial charge on any atom is 0.266 e. The van der Waals surface area contributed by atoms with Crippen LogP contribution in [0, 0.1) is 11.3 Å². The Bertz CT molecular complexity index is 1200. The molecule has 6 heteroatoms. The molecule has 0 bridgehead atoms. The van der Waals surface area contributed by atoms with E-state index in [0.29, 0.717) is 22.4 Å². The van der Waals surface area contributed by atoms with Crippen molar-refractivity contribution in [3.63, 3.8) is 0 Å². The lowest BCUT2D eigenvalue weighted by Crippen LogP contribution is -2.21. The largest absolute Gasteiger partial charge is 0.321 e. The Morgan fingerprint density at radius 3 is 2.25 bits per heavy atom. The minimum atomic E-state index is -0.578. The van der Waals surface area contributed by atoms with Crippen molar-refractivity contribution in [2.75, 3.05) is 5.32 Å². The lowest BCUT2D eigenvalue weighted by Gasteiger charge is -2.18. The maximum absolute atomic E-state index is 12.8. The molecule has 1 amide bonds. The standard InChI is InChI=1S/C22H12N2O3S/c23-12-13(10-15-4-3-9-28-15)22(27)24-14-7-8-18-19(11-14)21(26)17-6-2-1-5-16(17)20(18)25/h1-11H,(H,24,27)/b13-10+. The summed E-state index contributed by atoms with van der Waals surface area (Å²) in [5, 5.41) is 13.8. The van der Waals surface area contributed by atoms with Crippen LogP contribution in [0.25, 0.3) is 6.08 Å². The Balaban J connectivity index is 1.65. The number of fused-ring (bicyclic) bond motifs is 2. The molecule has 0 saturated carbocycles. The highest BCUT2D eigenvalue weighted by Crippen LogP contribution is 2.29. The molecule has 1 N–H and O–H groups in total. The summed E-state index contributed by atoms with van der Waals surface area (Å²) in [7, 11) is 0. The molecule has 0 radical (unpaired) electrons. The van der Waals surface area contributed by atoms with E-state index in [1.807, 2.05) is 17.5 Å². The van der Waals surface area contributed by atoms with Crippen LogP contribution in [0.15, 0.2) is 65.6 Å². The fraction of sp³-hybridized carbons (Fsp3) is 0. The summed E-state index contributed by atoms with van der Waals surface area (Å²) in [6, 6.07) is 16.7. The zero-order valence-electron chi connectivity index (χ0n) is 14.4. The average molecular weight is 384 g/mol. The van der Waals surface area contributed by atoms with Gasteiger partial charge in [0.05, 0.1) is 0 Å². The Morgan fingerprint density at radius 2 is 1.61 bits per heavy atom. The third-order valence-corrected chi connectivity index (χ3v) is 5.20. The van der Waals surface area contributed by atoms with Crippen molar-refractivity contribution >= 4 is 40.6 Å². The van der Waals surface area contributed by atoms with E-state index >= 15 is 0 Å². The molecule has 0 atom stereocenters. The summed E-state index contributed by atoms with van der Waals surface area (Å²) in [5.41, 5.74) is 1.56. The zero-order valence-corrected chi connectivity index (χ0v) is 15.2. The highest BCUT2D eigenvalue weighted by Gasteiger charge is 2.29. The van der Waals surface area contributed by atoms with E-state index < -0.39 is 5.91 Å². The fourth-order valence-corrected chi connectivity index (χ4v) is 3.70. The summed E-state index contributed by atoms with van der Waals surface area (Å²) >= 11 is 1.41. The summed E-state index contributed by atoms with van der Waals surface area (Å²) in [6.45, 7) is 0. The Morgan fingerprint density at radius 1 is 0.929 bits per heavy atom. The second-order valence-corrected chi connectivity index (χ2v) is 7.08. The van der Waals surface area contributed by atoms with E-state index in [9.17, 15) is 19.6 Å². The summed E-state index contributed by atoms with van der Waals surface area (Å²) in [5.74, 6) is -1.07. The van der Waals surface area contributed by atoms with Crippen molar-refractivity contribution in [3.8, 4) is 6.07 Å². The number of ketones is 2. The number of rotatable bonds is 3. The van der Waals surface area contributed by atoms with Gasteiger partial charge in [-0.15, -0.1) is 11.3 Å². The number of anilines is 1. The van der Waals surface area contributed by atoms with Crippen LogP contribution >= 0.6 is 11.3 Å². The number of nitriles is 1. The van der Waals surface area contributed by atoms with Crippen LogP contribution < -0.4 is 5.32 Å². The van der Waals surface area contributed by atoms with E-state index in [2.05, 4.69) is 5.32 Å². The van der Waals surface area contributed by atoms with Gasteiger partial charge >= 0.3 is 0 Å². The highest BCUT2D eigenvalue weighted by atomic mass is 32.1. The molecule has 4 rings (SSSR count). The van der Waals surface area contributed by atoms with Gasteiger partial charge in [0.1, 0.15) is 11.6 Å². The molecule has 3 aromatic rings. The fourth-order valence-electron chi connectivity index (χ4n) is 3.04. The van der Waals surface area contributed by atoms with Crippen molar-refractivity contribution in [1.29, 1.82) is 5.26 Å². The van der Waals surface area contributed by atoms with Gasteiger partial charge in [-0.3, -0.25) is 14.4 Å². The number of hydrogen-bond donors (Lipinski definition) is 1. The Kier molecular flexibility index (Phi) is 4.44. The van der Waals surface area contributed by atoms with Gasteiger partial charge in [0.2, 0.25) is 0 Å². The summed E-state index contributed by atoms with van der Waals surface area (Å²) in [6.07, 6.45) is 1.50. The van der Waals surface area contributed by atoms with Crippen LogP contribution in [0.2, 0.25) is 0 Å². The van der Waals surface area contributed by atoms with E-state index in [1.54, 1.807) is 36.4 Å². The molecule has 28 heavy (non-hydrogen) atoms. The number of carbonyl (C=O) groups is 3. The first kappa shape index (κ1) is 17.6. The lowest BCUT2D eigenvalue weighted by molar-refractivity contribution is -0.112. The topological polar surface area (TPSA) is 87.0 Å². The maximum atomic E-state index is 12.8. The molecular formula is C22H12N2O3S. The number of carbonyl (C=O) groups excluding carboxylic acids is 3. The smallest absolute Gasteiger partial charge is 0.266 e. The molecule has 1 heterocycles. The molecule has 0 saturated heterocycles. The van der Waals surface area contributed by atoms with Crippen LogP contribution in [-0.2, 0) is 4.79 Å². The van der Waals surface area contributed by atoms with E-state index in [-0.39, 0.29) is 22.7 Å². The number of amides is 1. The number of benzene rings is 2. The van der Waals surface area contributed by atoms with Gasteiger partial charge in [0, 0.05) is 32.8 Å². The number of nitrogens with one attached hydrogen (secondary N) is 1. The van der Waals surface area contributed by atoms with Gasteiger partial charge < -0.3 is 5.32 Å². The van der Waals surface area contributed by atoms with Crippen molar-refractivity contribution in [3.05, 3.63) is 92.7 Å². The molecule has 0 spiro atoms. The van der Waals surface area contributed by atoms with E-state index in [0.717, 1.165) is 4.88 Å². The molecule has 5 nitrogen and oxygen atoms in total. The van der Waals surface area contributed by atoms with Crippen molar-refractivity contribution in [1.82, 2.24) is 0 Å². The van der Waals surface area contributed by atoms with Crippen molar-refractivity contribution < 1.29 is 14.4 Å². The molecule has 2 aromatic carbocycles. The molecular weight excluding hydrogens is 372 g/mol. The minimum Gasteiger partial charge on any atom is -0.321 e. The highest BCUT2D eigenvalue weighted by molar-refractivity contribution is 7.10. The third kappa shape index (κ3) is 3.04. The van der Waals surface area contributed by atoms with Crippen LogP contribution in [0.5, 0.6) is 0 Å². The molecule has 134 valence electrons. The first-order valence-corrected chi connectivity index (χ1v) is 9.25. The molecule has 0 aliphatic heterocycles. The SMILES string of the molecule is N#C/C(=C\c1cccs1)C(=O)Nc1ccc2c(c1)C(=O)c1ccccc1C2=O. The number of nitrogens with zero attached hydrogens (tertiary/aromatic N) is 1. The van der Waals surface area contributed by atoms with Crippen LogP contribution in [0.3, 0.4) is 0 Å². The lowest BCUT2D eigenvalue weighted by atomic mass is 9.84. The van der Waals surface area contributed by atoms with Crippen LogP contribution in [0.4, 0.5) is 5.69 Å². The second-order valence-electron chi connectivity index (χ2n) is 6.10. The second kappa shape index (κ2) is 7.06. The first-order chi connectivity index (χ1) is 13.6. The van der Waals surface area contributed by atoms with Gasteiger partial charge in [-0.1, -0.05) is 30.3 Å². The van der Waals surface area contributed by atoms with E-state index in [4.69, 9.17) is 0 Å². The van der Waals surface area contributed by atoms with E-state index in [1.165, 1.54) is 29.5 Å². The van der Waals surface area contributed by atoms with Gasteiger partial charge in [-0.25, -0.2) is 0 Å². The predicted octanol–water partition coefficient (Wildman–Crippen LogP) is 4.07. The summed E-state index contributed by atoms with van der Waals surface area (Å²) in [4.78, 5) is 38.6. The van der Waals surface area contributed by atoms with Crippen LogP contribution in [-0.4, -0.2) is 17.5 Å². The first-order valence-electron chi connectivity index (χ1n) is 8.37. The van der Waals surface area contributed by atoms with Crippen LogP contribution in [0.1, 0.15) is 36.7 Å². The molecule has 0 unspecified atom stereocenters. The monoisotopic (exact) mass is 384 g/mol. The normalized spacial score (nSPS) is 12.8. The third-order valence-electron chi connectivity index (χ3n) is 4.38. The molecule has 1 aliphatic carbocycles. The molecule has 1 aromatic heterocycles. The predicted molar refractivity (Wildman–Crippen MR) is 106 cm³/mol. The van der Waals surface area contributed by atoms with Gasteiger partial charge in [-0.05, 0) is 35.7 Å². The zero-order chi connectivity index (χ0) is 19.7.